The smallest absolute Gasteiger partial charge is 0.341 e. The van der Waals surface area contributed by atoms with Crippen LogP contribution in [0, 0.1) is 11.6 Å². The van der Waals surface area contributed by atoms with E-state index in [2.05, 4.69) is 0 Å². The van der Waals surface area contributed by atoms with Crippen LogP contribution in [0.2, 0.25) is 0 Å². The van der Waals surface area contributed by atoms with Crippen LogP contribution < -0.4 is 5.73 Å². The normalized spacial score (nSPS) is 14.4. The summed E-state index contributed by atoms with van der Waals surface area (Å²) in [6.07, 6.45) is 1.86. The van der Waals surface area contributed by atoms with Crippen molar-refractivity contribution in [2.45, 2.75) is 32.9 Å². The van der Waals surface area contributed by atoms with E-state index in [1.165, 1.54) is 12.1 Å². The largest absolute Gasteiger partial charge is 0.456 e. The maximum absolute atomic E-state index is 14.4. The van der Waals surface area contributed by atoms with Crippen LogP contribution in [0.25, 0.3) is 22.2 Å². The van der Waals surface area contributed by atoms with Gasteiger partial charge in [0.2, 0.25) is 0 Å². The number of hydrogen-bond acceptors (Lipinski definition) is 3. The Morgan fingerprint density at radius 1 is 1.10 bits per heavy atom. The summed E-state index contributed by atoms with van der Waals surface area (Å²) in [6, 6.07) is 13.5. The summed E-state index contributed by atoms with van der Waals surface area (Å²) in [5.41, 5.74) is 8.53. The first-order chi connectivity index (χ1) is 14.2. The van der Waals surface area contributed by atoms with Gasteiger partial charge in [0.1, 0.15) is 5.60 Å². The summed E-state index contributed by atoms with van der Waals surface area (Å²) in [4.78, 5) is 13.2. The van der Waals surface area contributed by atoms with Crippen molar-refractivity contribution in [1.82, 2.24) is 4.57 Å². The topological polar surface area (TPSA) is 57.2 Å². The van der Waals surface area contributed by atoms with Gasteiger partial charge in [-0.3, -0.25) is 0 Å². The molecule has 2 aromatic carbocycles. The molecule has 0 spiro atoms. The van der Waals surface area contributed by atoms with Gasteiger partial charge < -0.3 is 15.0 Å². The Morgan fingerprint density at radius 3 is 2.47 bits per heavy atom. The van der Waals surface area contributed by atoms with E-state index in [4.69, 9.17) is 10.5 Å². The summed E-state index contributed by atoms with van der Waals surface area (Å²) in [5, 5.41) is 0.119. The van der Waals surface area contributed by atoms with E-state index in [1.807, 2.05) is 36.4 Å². The second-order valence-electron chi connectivity index (χ2n) is 8.21. The van der Waals surface area contributed by atoms with Crippen molar-refractivity contribution in [3.05, 3.63) is 83.1 Å². The Bertz CT molecular complexity index is 1220. The van der Waals surface area contributed by atoms with Gasteiger partial charge >= 0.3 is 5.97 Å². The first-order valence-corrected chi connectivity index (χ1v) is 9.64. The van der Waals surface area contributed by atoms with Crippen molar-refractivity contribution in [1.29, 1.82) is 0 Å². The monoisotopic (exact) mass is 408 g/mol. The van der Waals surface area contributed by atoms with Crippen LogP contribution in [0.1, 0.15) is 32.0 Å². The van der Waals surface area contributed by atoms with Gasteiger partial charge in [-0.2, -0.15) is 0 Å². The van der Waals surface area contributed by atoms with Crippen LogP contribution in [0.4, 0.5) is 8.78 Å². The number of halogens is 2. The number of nitrogens with two attached hydrogens (primary N) is 1. The van der Waals surface area contributed by atoms with Crippen LogP contribution in [0.3, 0.4) is 0 Å². The maximum atomic E-state index is 14.4. The summed E-state index contributed by atoms with van der Waals surface area (Å²) in [7, 11) is 0. The zero-order valence-corrected chi connectivity index (χ0v) is 17.0. The molecule has 0 saturated carbocycles. The van der Waals surface area contributed by atoms with Crippen LogP contribution >= 0.6 is 0 Å². The van der Waals surface area contributed by atoms with Crippen molar-refractivity contribution in [3.63, 3.8) is 0 Å². The number of nitrogens with zero attached hydrogens (tertiary/aromatic N) is 1. The first-order valence-electron chi connectivity index (χ1n) is 9.64. The molecule has 0 unspecified atom stereocenters. The zero-order valence-electron chi connectivity index (χ0n) is 17.0. The van der Waals surface area contributed by atoms with E-state index in [1.54, 1.807) is 25.3 Å². The van der Waals surface area contributed by atoms with Crippen LogP contribution in [0.15, 0.2) is 60.2 Å². The molecule has 2 heterocycles. The quantitative estimate of drug-likeness (QED) is 0.605. The number of aromatic nitrogens is 1. The van der Waals surface area contributed by atoms with Gasteiger partial charge in [0.05, 0.1) is 22.5 Å². The Labute approximate surface area is 173 Å². The Morgan fingerprint density at radius 2 is 1.80 bits per heavy atom. The molecule has 0 aliphatic carbocycles. The van der Waals surface area contributed by atoms with Crippen molar-refractivity contribution < 1.29 is 18.3 Å². The number of benzene rings is 2. The third kappa shape index (κ3) is 3.38. The molecule has 1 aliphatic rings. The predicted molar refractivity (Wildman–Crippen MR) is 113 cm³/mol. The van der Waals surface area contributed by atoms with Crippen molar-refractivity contribution in [2.24, 2.45) is 5.73 Å². The van der Waals surface area contributed by atoms with Gasteiger partial charge in [0, 0.05) is 11.9 Å². The number of esters is 1. The fourth-order valence-corrected chi connectivity index (χ4v) is 3.68. The molecule has 4 nitrogen and oxygen atoms in total. The van der Waals surface area contributed by atoms with E-state index >= 15 is 0 Å². The fraction of sp³-hybridized carbons (Fsp3) is 0.208. The third-order valence-corrected chi connectivity index (χ3v) is 4.95. The van der Waals surface area contributed by atoms with Crippen molar-refractivity contribution >= 4 is 28.1 Å². The number of hydrogen-bond donors (Lipinski definition) is 1. The molecule has 2 N–H and O–H groups in total. The second-order valence-corrected chi connectivity index (χ2v) is 8.21. The fourth-order valence-electron chi connectivity index (χ4n) is 3.68. The van der Waals surface area contributed by atoms with E-state index in [9.17, 15) is 13.6 Å². The lowest BCUT2D eigenvalue weighted by molar-refractivity contribution is -0.149. The number of rotatable bonds is 2. The SMILES string of the molecule is CC(C)(C)OC(=O)C1=C(N)c2cc3c(F)c(F)ccc3n2CC=C1c1ccccc1. The third-order valence-electron chi connectivity index (χ3n) is 4.95. The minimum absolute atomic E-state index is 0.119. The molecule has 3 aromatic rings. The second kappa shape index (κ2) is 7.13. The molecule has 0 bridgehead atoms. The van der Waals surface area contributed by atoms with Gasteiger partial charge in [-0.05, 0) is 50.1 Å². The lowest BCUT2D eigenvalue weighted by Gasteiger charge is -2.22. The molecular weight excluding hydrogens is 386 g/mol. The van der Waals surface area contributed by atoms with E-state index < -0.39 is 23.2 Å². The molecule has 6 heteroatoms. The zero-order chi connectivity index (χ0) is 21.6. The number of carbonyl (C=O) groups excluding carboxylic acids is 1. The van der Waals surface area contributed by atoms with Gasteiger partial charge in [-0.15, -0.1) is 0 Å². The summed E-state index contributed by atoms with van der Waals surface area (Å²) >= 11 is 0. The molecule has 154 valence electrons. The van der Waals surface area contributed by atoms with Crippen LogP contribution in [0.5, 0.6) is 0 Å². The predicted octanol–water partition coefficient (Wildman–Crippen LogP) is 5.03. The van der Waals surface area contributed by atoms with Gasteiger partial charge in [0.25, 0.3) is 0 Å². The maximum Gasteiger partial charge on any atom is 0.341 e. The van der Waals surface area contributed by atoms with E-state index in [0.29, 0.717) is 23.3 Å². The lowest BCUT2D eigenvalue weighted by Crippen LogP contribution is -2.26. The number of allylic oxidation sites excluding steroid dienone is 1. The highest BCUT2D eigenvalue weighted by Gasteiger charge is 2.29. The molecule has 0 radical (unpaired) electrons. The van der Waals surface area contributed by atoms with Gasteiger partial charge in [0.15, 0.2) is 11.6 Å². The first kappa shape index (κ1) is 19.9. The molecule has 4 rings (SSSR count). The van der Waals surface area contributed by atoms with Gasteiger partial charge in [-0.25, -0.2) is 13.6 Å². The van der Waals surface area contributed by atoms with Crippen LogP contribution in [-0.4, -0.2) is 16.1 Å². The molecule has 30 heavy (non-hydrogen) atoms. The molecule has 0 fully saturated rings. The highest BCUT2D eigenvalue weighted by atomic mass is 19.2. The summed E-state index contributed by atoms with van der Waals surface area (Å²) < 4.78 is 35.5. The summed E-state index contributed by atoms with van der Waals surface area (Å²) in [6.45, 7) is 5.67. The average Bonchev–Trinajstić information content (AvgIpc) is 2.99. The van der Waals surface area contributed by atoms with Crippen molar-refractivity contribution in [3.8, 4) is 0 Å². The Hall–Kier alpha value is -3.41. The minimum atomic E-state index is -0.938. The molecule has 0 saturated heterocycles. The van der Waals surface area contributed by atoms with E-state index in [0.717, 1.165) is 11.6 Å². The standard InChI is InChI=1S/C24H22F2N2O2/c1-24(2,3)30-23(29)20-15(14-7-5-4-6-8-14)11-12-28-18-10-9-17(25)21(26)16(18)13-19(28)22(20)27/h4-11,13H,12,27H2,1-3H3. The minimum Gasteiger partial charge on any atom is -0.456 e. The highest BCUT2D eigenvalue weighted by molar-refractivity contribution is 6.13. The highest BCUT2D eigenvalue weighted by Crippen LogP contribution is 2.36. The lowest BCUT2D eigenvalue weighted by atomic mass is 9.95. The molecular formula is C24H22F2N2O2. The molecule has 0 atom stereocenters. The molecule has 1 aliphatic heterocycles. The van der Waals surface area contributed by atoms with Crippen LogP contribution in [-0.2, 0) is 16.1 Å². The number of fused-ring (bicyclic) bond motifs is 3. The number of ether oxygens (including phenoxy) is 1. The Kier molecular flexibility index (Phi) is 4.73. The molecule has 0 amide bonds. The van der Waals surface area contributed by atoms with Crippen molar-refractivity contribution in [2.75, 3.05) is 0 Å². The Balaban J connectivity index is 1.98. The summed E-state index contributed by atoms with van der Waals surface area (Å²) in [5.74, 6) is -2.44. The van der Waals surface area contributed by atoms with Gasteiger partial charge in [-0.1, -0.05) is 36.4 Å². The number of carbonyl (C=O) groups is 1. The molecule has 1 aromatic heterocycles. The average molecular weight is 408 g/mol. The van der Waals surface area contributed by atoms with E-state index in [-0.39, 0.29) is 16.7 Å².